The molecule has 3 heteroatoms. The molecule has 0 aromatic carbocycles. The summed E-state index contributed by atoms with van der Waals surface area (Å²) in [6.45, 7) is 0. The summed E-state index contributed by atoms with van der Waals surface area (Å²) in [4.78, 5) is 0. The summed E-state index contributed by atoms with van der Waals surface area (Å²) in [6, 6.07) is 2.17. The highest BCUT2D eigenvalue weighted by molar-refractivity contribution is 14.1. The Hall–Kier alpha value is 0.510. The smallest absolute Gasteiger partial charge is 0.0978 e. The summed E-state index contributed by atoms with van der Waals surface area (Å²) in [5.41, 5.74) is 0. The van der Waals surface area contributed by atoms with Gasteiger partial charge in [-0.1, -0.05) is 29.0 Å². The minimum atomic E-state index is 0.172. The van der Waals surface area contributed by atoms with E-state index in [4.69, 9.17) is 16.9 Å². The van der Waals surface area contributed by atoms with E-state index >= 15 is 0 Å². The van der Waals surface area contributed by atoms with Crippen LogP contribution in [0.15, 0.2) is 0 Å². The quantitative estimate of drug-likeness (QED) is 0.431. The number of hydrogen-bond donors (Lipinski definition) is 0. The third-order valence-corrected chi connectivity index (χ3v) is 2.15. The molecular formula is C6H9ClIN. The van der Waals surface area contributed by atoms with Crippen LogP contribution in [0.2, 0.25) is 0 Å². The van der Waals surface area contributed by atoms with Gasteiger partial charge < -0.3 is 0 Å². The lowest BCUT2D eigenvalue weighted by molar-refractivity contribution is 0.756. The zero-order chi connectivity index (χ0) is 7.11. The lowest BCUT2D eigenvalue weighted by Gasteiger charge is -1.96. The topological polar surface area (TPSA) is 23.8 Å². The third-order valence-electron chi connectivity index (χ3n) is 0.981. The second-order valence-electron chi connectivity index (χ2n) is 1.78. The van der Waals surface area contributed by atoms with Crippen molar-refractivity contribution >= 4 is 34.2 Å². The molecule has 1 nitrogen and oxygen atoms in total. The van der Waals surface area contributed by atoms with Gasteiger partial charge in [0.15, 0.2) is 0 Å². The first kappa shape index (κ1) is 9.51. The van der Waals surface area contributed by atoms with Gasteiger partial charge in [-0.25, -0.2) is 0 Å². The van der Waals surface area contributed by atoms with E-state index in [1.807, 2.05) is 0 Å². The number of hydrogen-bond acceptors (Lipinski definition) is 1. The van der Waals surface area contributed by atoms with Crippen LogP contribution in [0.4, 0.5) is 0 Å². The summed E-state index contributed by atoms with van der Waals surface area (Å²) in [5.74, 6) is 0.717. The highest BCUT2D eigenvalue weighted by Crippen LogP contribution is 2.09. The molecule has 0 aromatic heterocycles. The van der Waals surface area contributed by atoms with Gasteiger partial charge in [-0.2, -0.15) is 5.26 Å². The largest absolute Gasteiger partial charge is 0.197 e. The normalized spacial score (nSPS) is 12.6. The summed E-state index contributed by atoms with van der Waals surface area (Å²) < 4.78 is 0.172. The Bertz CT molecular complexity index is 99.7. The fraction of sp³-hybridized carbons (Fsp3) is 0.833. The molecule has 0 saturated heterocycles. The van der Waals surface area contributed by atoms with Crippen LogP contribution in [0, 0.1) is 11.3 Å². The van der Waals surface area contributed by atoms with Crippen LogP contribution >= 0.6 is 34.2 Å². The van der Waals surface area contributed by atoms with Crippen molar-refractivity contribution in [2.45, 2.75) is 23.2 Å². The molecule has 0 heterocycles. The standard InChI is InChI=1S/C6H9ClIN/c7-4-2-1-3-6(8)5-9/h6H,1-4H2. The molecule has 0 aliphatic carbocycles. The molecule has 0 aliphatic heterocycles. The SMILES string of the molecule is N#CC(I)CCCCCl. The maximum Gasteiger partial charge on any atom is 0.0978 e. The molecule has 0 saturated carbocycles. The van der Waals surface area contributed by atoms with Crippen molar-refractivity contribution in [1.82, 2.24) is 0 Å². The molecule has 0 aromatic rings. The van der Waals surface area contributed by atoms with Crippen molar-refractivity contribution in [2.75, 3.05) is 5.88 Å². The van der Waals surface area contributed by atoms with Crippen LogP contribution in [-0.2, 0) is 0 Å². The van der Waals surface area contributed by atoms with Crippen molar-refractivity contribution in [2.24, 2.45) is 0 Å². The summed E-state index contributed by atoms with van der Waals surface area (Å²) in [7, 11) is 0. The monoisotopic (exact) mass is 257 g/mol. The van der Waals surface area contributed by atoms with Gasteiger partial charge in [0, 0.05) is 5.88 Å². The first-order valence-corrected chi connectivity index (χ1v) is 4.69. The van der Waals surface area contributed by atoms with Crippen LogP contribution in [0.25, 0.3) is 0 Å². The van der Waals surface area contributed by atoms with E-state index in [0.717, 1.165) is 25.1 Å². The van der Waals surface area contributed by atoms with Crippen LogP contribution in [-0.4, -0.2) is 9.80 Å². The van der Waals surface area contributed by atoms with E-state index in [1.165, 1.54) is 0 Å². The van der Waals surface area contributed by atoms with Gasteiger partial charge in [0.05, 0.1) is 9.99 Å². The number of rotatable bonds is 4. The van der Waals surface area contributed by atoms with E-state index in [2.05, 4.69) is 28.7 Å². The molecule has 0 radical (unpaired) electrons. The molecule has 0 fully saturated rings. The Morgan fingerprint density at radius 2 is 2.22 bits per heavy atom. The molecule has 1 unspecified atom stereocenters. The molecule has 52 valence electrons. The van der Waals surface area contributed by atoms with Crippen molar-refractivity contribution in [3.05, 3.63) is 0 Å². The number of nitriles is 1. The number of nitrogens with zero attached hydrogens (tertiary/aromatic N) is 1. The minimum absolute atomic E-state index is 0.172. The molecule has 0 rings (SSSR count). The van der Waals surface area contributed by atoms with Gasteiger partial charge in [0.1, 0.15) is 0 Å². The molecule has 0 N–H and O–H groups in total. The Balaban J connectivity index is 2.99. The fourth-order valence-electron chi connectivity index (χ4n) is 0.483. The second-order valence-corrected chi connectivity index (χ2v) is 3.66. The van der Waals surface area contributed by atoms with E-state index in [0.29, 0.717) is 0 Å². The highest BCUT2D eigenvalue weighted by Gasteiger charge is 1.98. The summed E-state index contributed by atoms with van der Waals surface area (Å²) in [6.07, 6.45) is 3.08. The second kappa shape index (κ2) is 6.63. The van der Waals surface area contributed by atoms with Gasteiger partial charge in [0.2, 0.25) is 0 Å². The lowest BCUT2D eigenvalue weighted by Crippen LogP contribution is -1.91. The first-order chi connectivity index (χ1) is 4.31. The van der Waals surface area contributed by atoms with Crippen LogP contribution in [0.5, 0.6) is 0 Å². The maximum atomic E-state index is 8.34. The van der Waals surface area contributed by atoms with Crippen LogP contribution < -0.4 is 0 Å². The average Bonchev–Trinajstić information content (AvgIpc) is 1.89. The van der Waals surface area contributed by atoms with E-state index < -0.39 is 0 Å². The summed E-state index contributed by atoms with van der Waals surface area (Å²) >= 11 is 7.58. The van der Waals surface area contributed by atoms with E-state index in [-0.39, 0.29) is 3.92 Å². The minimum Gasteiger partial charge on any atom is -0.197 e. The summed E-state index contributed by atoms with van der Waals surface area (Å²) in [5, 5.41) is 8.34. The molecule has 1 atom stereocenters. The van der Waals surface area contributed by atoms with Gasteiger partial charge in [-0.3, -0.25) is 0 Å². The van der Waals surface area contributed by atoms with Gasteiger partial charge >= 0.3 is 0 Å². The zero-order valence-corrected chi connectivity index (χ0v) is 8.02. The van der Waals surface area contributed by atoms with Crippen LogP contribution in [0.3, 0.4) is 0 Å². The Labute approximate surface area is 74.5 Å². The molecule has 0 amide bonds. The predicted octanol–water partition coefficient (Wildman–Crippen LogP) is 2.72. The van der Waals surface area contributed by atoms with E-state index in [9.17, 15) is 0 Å². The first-order valence-electron chi connectivity index (χ1n) is 2.91. The van der Waals surface area contributed by atoms with Crippen molar-refractivity contribution < 1.29 is 0 Å². The third kappa shape index (κ3) is 6.39. The molecule has 0 bridgehead atoms. The fourth-order valence-corrected chi connectivity index (χ4v) is 1.11. The molecule has 0 aliphatic rings. The predicted molar refractivity (Wildman–Crippen MR) is 48.0 cm³/mol. The van der Waals surface area contributed by atoms with Gasteiger partial charge in [-0.05, 0) is 12.8 Å². The van der Waals surface area contributed by atoms with Crippen molar-refractivity contribution in [1.29, 1.82) is 5.26 Å². The highest BCUT2D eigenvalue weighted by atomic mass is 127. The van der Waals surface area contributed by atoms with Crippen LogP contribution in [0.1, 0.15) is 19.3 Å². The number of alkyl halides is 2. The lowest BCUT2D eigenvalue weighted by atomic mass is 10.2. The zero-order valence-electron chi connectivity index (χ0n) is 5.11. The Morgan fingerprint density at radius 3 is 2.67 bits per heavy atom. The van der Waals surface area contributed by atoms with Crippen molar-refractivity contribution in [3.8, 4) is 6.07 Å². The van der Waals surface area contributed by atoms with Gasteiger partial charge in [0.25, 0.3) is 0 Å². The number of halogens is 2. The Morgan fingerprint density at radius 1 is 1.56 bits per heavy atom. The number of unbranched alkanes of at least 4 members (excludes halogenated alkanes) is 1. The Kier molecular flexibility index (Phi) is 7.00. The van der Waals surface area contributed by atoms with Crippen molar-refractivity contribution in [3.63, 3.8) is 0 Å². The molecule has 9 heavy (non-hydrogen) atoms. The van der Waals surface area contributed by atoms with Gasteiger partial charge in [-0.15, -0.1) is 11.6 Å². The van der Waals surface area contributed by atoms with E-state index in [1.54, 1.807) is 0 Å². The molecular weight excluding hydrogens is 248 g/mol. The molecule has 0 spiro atoms. The maximum absolute atomic E-state index is 8.34. The average molecular weight is 258 g/mol.